The lowest BCUT2D eigenvalue weighted by molar-refractivity contribution is -0.137. The van der Waals surface area contributed by atoms with Crippen molar-refractivity contribution >= 4 is 63.7 Å². The van der Waals surface area contributed by atoms with Gasteiger partial charge < -0.3 is 16.0 Å². The summed E-state index contributed by atoms with van der Waals surface area (Å²) in [5.74, 6) is -0.536. The zero-order valence-electron chi connectivity index (χ0n) is 13.9. The summed E-state index contributed by atoms with van der Waals surface area (Å²) in [7, 11) is 0. The number of halogens is 6. The van der Waals surface area contributed by atoms with Gasteiger partial charge in [-0.1, -0.05) is 59.1 Å². The van der Waals surface area contributed by atoms with Crippen molar-refractivity contribution in [2.24, 2.45) is 0 Å². The van der Waals surface area contributed by atoms with Crippen LogP contribution in [0.15, 0.2) is 54.6 Å². The maximum Gasteiger partial charge on any atom is 0.416 e. The molecule has 0 aliphatic carbocycles. The van der Waals surface area contributed by atoms with E-state index in [1.165, 1.54) is 12.1 Å². The molecule has 2 aromatic rings. The minimum atomic E-state index is -4.50. The number of alkyl halides is 6. The van der Waals surface area contributed by atoms with Crippen molar-refractivity contribution in [1.29, 1.82) is 0 Å². The second-order valence-corrected chi connectivity index (χ2v) is 8.27. The van der Waals surface area contributed by atoms with Crippen molar-refractivity contribution in [3.63, 3.8) is 0 Å². The van der Waals surface area contributed by atoms with Crippen LogP contribution in [0.25, 0.3) is 0 Å². The SMILES string of the molecule is O=C(N[C@@H](NC(=S)Nc1cccc(C(F)(F)F)c1)C(Cl)(Cl)Cl)c1ccccc1. The lowest BCUT2D eigenvalue weighted by atomic mass is 10.2. The Hall–Kier alpha value is -1.74. The maximum absolute atomic E-state index is 12.8. The molecule has 4 nitrogen and oxygen atoms in total. The van der Waals surface area contributed by atoms with Crippen LogP contribution < -0.4 is 16.0 Å². The molecule has 0 fully saturated rings. The van der Waals surface area contributed by atoms with E-state index in [0.717, 1.165) is 12.1 Å². The van der Waals surface area contributed by atoms with Crippen LogP contribution in [0.3, 0.4) is 0 Å². The summed E-state index contributed by atoms with van der Waals surface area (Å²) in [6, 6.07) is 12.6. The van der Waals surface area contributed by atoms with Gasteiger partial charge >= 0.3 is 6.18 Å². The van der Waals surface area contributed by atoms with Crippen LogP contribution in [0.5, 0.6) is 0 Å². The topological polar surface area (TPSA) is 53.2 Å². The second-order valence-electron chi connectivity index (χ2n) is 5.49. The number of benzene rings is 2. The van der Waals surface area contributed by atoms with Crippen LogP contribution in [0.2, 0.25) is 0 Å². The minimum absolute atomic E-state index is 0.0739. The molecule has 0 saturated carbocycles. The van der Waals surface area contributed by atoms with Crippen molar-refractivity contribution in [2.45, 2.75) is 16.1 Å². The highest BCUT2D eigenvalue weighted by molar-refractivity contribution is 7.80. The van der Waals surface area contributed by atoms with E-state index >= 15 is 0 Å². The molecule has 0 radical (unpaired) electrons. The third kappa shape index (κ3) is 6.70. The maximum atomic E-state index is 12.8. The predicted octanol–water partition coefficient (Wildman–Crippen LogP) is 5.12. The largest absolute Gasteiger partial charge is 0.416 e. The van der Waals surface area contributed by atoms with E-state index in [-0.39, 0.29) is 10.8 Å². The van der Waals surface area contributed by atoms with E-state index in [4.69, 9.17) is 47.0 Å². The molecule has 0 spiro atoms. The fourth-order valence-electron chi connectivity index (χ4n) is 2.08. The third-order valence-electron chi connectivity index (χ3n) is 3.36. The highest BCUT2D eigenvalue weighted by Gasteiger charge is 2.35. The molecule has 2 aromatic carbocycles. The number of anilines is 1. The third-order valence-corrected chi connectivity index (χ3v) is 4.24. The highest BCUT2D eigenvalue weighted by atomic mass is 35.6. The van der Waals surface area contributed by atoms with E-state index in [0.29, 0.717) is 5.56 Å². The standard InChI is InChI=1S/C17H13Cl3F3N3OS/c18-16(19,20)14(25-13(27)10-5-2-1-3-6-10)26-15(28)24-12-8-4-7-11(9-12)17(21,22)23/h1-9,14H,(H,25,27)(H2,24,26,28)/t14-/m0/s1. The Balaban J connectivity index is 2.08. The van der Waals surface area contributed by atoms with Crippen LogP contribution in [0, 0.1) is 0 Å². The number of rotatable bonds is 4. The van der Waals surface area contributed by atoms with Crippen LogP contribution >= 0.6 is 47.0 Å². The van der Waals surface area contributed by atoms with Crippen LogP contribution in [-0.4, -0.2) is 21.0 Å². The summed E-state index contributed by atoms with van der Waals surface area (Å²) in [6.45, 7) is 0. The van der Waals surface area contributed by atoms with E-state index in [1.807, 2.05) is 0 Å². The van der Waals surface area contributed by atoms with Crippen molar-refractivity contribution in [2.75, 3.05) is 5.32 Å². The summed E-state index contributed by atoms with van der Waals surface area (Å²) in [4.78, 5) is 12.3. The summed E-state index contributed by atoms with van der Waals surface area (Å²) < 4.78 is 36.4. The first-order valence-corrected chi connectivity index (χ1v) is 9.18. The Morgan fingerprint density at radius 2 is 1.61 bits per heavy atom. The Morgan fingerprint density at radius 3 is 2.18 bits per heavy atom. The van der Waals surface area contributed by atoms with Crippen molar-refractivity contribution in [3.8, 4) is 0 Å². The molecule has 0 bridgehead atoms. The van der Waals surface area contributed by atoms with Crippen LogP contribution in [0.4, 0.5) is 18.9 Å². The van der Waals surface area contributed by atoms with Gasteiger partial charge in [-0.2, -0.15) is 13.2 Å². The molecule has 150 valence electrons. The van der Waals surface area contributed by atoms with Crippen molar-refractivity contribution in [3.05, 3.63) is 65.7 Å². The van der Waals surface area contributed by atoms with E-state index in [2.05, 4.69) is 16.0 Å². The molecule has 2 rings (SSSR count). The quantitative estimate of drug-likeness (QED) is 0.330. The van der Waals surface area contributed by atoms with Gasteiger partial charge in [0, 0.05) is 11.3 Å². The number of amides is 1. The van der Waals surface area contributed by atoms with Crippen LogP contribution in [-0.2, 0) is 6.18 Å². The molecule has 1 atom stereocenters. The fourth-order valence-corrected chi connectivity index (χ4v) is 2.64. The molecule has 3 N–H and O–H groups in total. The summed E-state index contributed by atoms with van der Waals surface area (Å²) in [6.07, 6.45) is -5.76. The number of hydrogen-bond donors (Lipinski definition) is 3. The first kappa shape index (κ1) is 22.5. The number of carbonyl (C=O) groups excluding carboxylic acids is 1. The summed E-state index contributed by atoms with van der Waals surface area (Å²) in [5.41, 5.74) is -0.458. The molecule has 11 heteroatoms. The molecule has 28 heavy (non-hydrogen) atoms. The minimum Gasteiger partial charge on any atom is -0.339 e. The van der Waals surface area contributed by atoms with Crippen molar-refractivity contribution in [1.82, 2.24) is 10.6 Å². The molecule has 0 aliphatic rings. The highest BCUT2D eigenvalue weighted by Crippen LogP contribution is 2.31. The van der Waals surface area contributed by atoms with Gasteiger partial charge in [0.05, 0.1) is 5.56 Å². The molecule has 0 unspecified atom stereocenters. The summed E-state index contributed by atoms with van der Waals surface area (Å²) in [5, 5.41) is 7.46. The van der Waals surface area contributed by atoms with Gasteiger partial charge in [0.1, 0.15) is 6.17 Å². The normalized spacial score (nSPS) is 12.8. The number of thiocarbonyl (C=S) groups is 1. The average molecular weight is 471 g/mol. The van der Waals surface area contributed by atoms with Crippen molar-refractivity contribution < 1.29 is 18.0 Å². The lowest BCUT2D eigenvalue weighted by Gasteiger charge is -2.27. The van der Waals surface area contributed by atoms with E-state index < -0.39 is 27.6 Å². The smallest absolute Gasteiger partial charge is 0.339 e. The first-order valence-electron chi connectivity index (χ1n) is 7.64. The number of carbonyl (C=O) groups is 1. The van der Waals surface area contributed by atoms with Gasteiger partial charge in [-0.3, -0.25) is 4.79 Å². The Labute approximate surface area is 179 Å². The second kappa shape index (κ2) is 9.17. The molecular weight excluding hydrogens is 458 g/mol. The predicted molar refractivity (Wildman–Crippen MR) is 109 cm³/mol. The molecule has 0 aromatic heterocycles. The molecule has 0 heterocycles. The van der Waals surface area contributed by atoms with Gasteiger partial charge in [0.15, 0.2) is 5.11 Å². The zero-order valence-corrected chi connectivity index (χ0v) is 16.9. The molecule has 0 saturated heterocycles. The Kier molecular flexibility index (Phi) is 7.39. The Morgan fingerprint density at radius 1 is 0.964 bits per heavy atom. The van der Waals surface area contributed by atoms with Gasteiger partial charge in [0.2, 0.25) is 3.79 Å². The number of nitrogens with one attached hydrogen (secondary N) is 3. The lowest BCUT2D eigenvalue weighted by Crippen LogP contribution is -2.56. The van der Waals surface area contributed by atoms with Gasteiger partial charge in [-0.15, -0.1) is 0 Å². The fraction of sp³-hybridized carbons (Fsp3) is 0.176. The van der Waals surface area contributed by atoms with E-state index in [9.17, 15) is 18.0 Å². The van der Waals surface area contributed by atoms with Gasteiger partial charge in [-0.05, 0) is 42.5 Å². The molecule has 0 aliphatic heterocycles. The Bertz CT molecular complexity index is 845. The molecular formula is C17H13Cl3F3N3OS. The zero-order chi connectivity index (χ0) is 20.9. The number of hydrogen-bond acceptors (Lipinski definition) is 2. The average Bonchev–Trinajstić information content (AvgIpc) is 2.60. The first-order chi connectivity index (χ1) is 13.0. The van der Waals surface area contributed by atoms with Crippen LogP contribution in [0.1, 0.15) is 15.9 Å². The van der Waals surface area contributed by atoms with Gasteiger partial charge in [-0.25, -0.2) is 0 Å². The molecule has 1 amide bonds. The van der Waals surface area contributed by atoms with E-state index in [1.54, 1.807) is 30.3 Å². The van der Waals surface area contributed by atoms with Gasteiger partial charge in [0.25, 0.3) is 5.91 Å². The monoisotopic (exact) mass is 469 g/mol. The summed E-state index contributed by atoms with van der Waals surface area (Å²) >= 11 is 22.7.